The SMILES string of the molecule is CCNCc1cccc(Cl)c1Oc1ccc(F)c(C)c1. The predicted molar refractivity (Wildman–Crippen MR) is 80.0 cm³/mol. The number of rotatable bonds is 5. The fourth-order valence-corrected chi connectivity index (χ4v) is 2.10. The molecule has 4 heteroatoms. The highest BCUT2D eigenvalue weighted by Crippen LogP contribution is 2.33. The molecule has 0 unspecified atom stereocenters. The zero-order chi connectivity index (χ0) is 14.5. The normalized spacial score (nSPS) is 10.6. The van der Waals surface area contributed by atoms with E-state index in [2.05, 4.69) is 5.32 Å². The summed E-state index contributed by atoms with van der Waals surface area (Å²) in [5.74, 6) is 0.945. The van der Waals surface area contributed by atoms with E-state index in [4.69, 9.17) is 16.3 Å². The van der Waals surface area contributed by atoms with Crippen molar-refractivity contribution in [3.05, 3.63) is 58.4 Å². The van der Waals surface area contributed by atoms with Crippen molar-refractivity contribution in [3.63, 3.8) is 0 Å². The smallest absolute Gasteiger partial charge is 0.150 e. The van der Waals surface area contributed by atoms with E-state index < -0.39 is 0 Å². The second kappa shape index (κ2) is 6.73. The molecule has 0 saturated heterocycles. The lowest BCUT2D eigenvalue weighted by molar-refractivity contribution is 0.471. The van der Waals surface area contributed by atoms with Crippen molar-refractivity contribution in [1.29, 1.82) is 0 Å². The summed E-state index contributed by atoms with van der Waals surface area (Å²) < 4.78 is 19.1. The summed E-state index contributed by atoms with van der Waals surface area (Å²) in [5.41, 5.74) is 1.52. The molecule has 0 radical (unpaired) electrons. The van der Waals surface area contributed by atoms with Crippen molar-refractivity contribution in [2.75, 3.05) is 6.54 Å². The zero-order valence-corrected chi connectivity index (χ0v) is 12.3. The molecule has 0 heterocycles. The molecule has 0 aromatic heterocycles. The van der Waals surface area contributed by atoms with E-state index in [1.54, 1.807) is 25.1 Å². The van der Waals surface area contributed by atoms with Crippen molar-refractivity contribution >= 4 is 11.6 Å². The van der Waals surface area contributed by atoms with Crippen LogP contribution in [0, 0.1) is 12.7 Å². The van der Waals surface area contributed by atoms with E-state index in [9.17, 15) is 4.39 Å². The standard InChI is InChI=1S/C16H17ClFNO/c1-3-19-10-12-5-4-6-14(17)16(12)20-13-7-8-15(18)11(2)9-13/h4-9,19H,3,10H2,1-2H3. The molecule has 0 bridgehead atoms. The highest BCUT2D eigenvalue weighted by atomic mass is 35.5. The number of nitrogens with one attached hydrogen (secondary N) is 1. The van der Waals surface area contributed by atoms with Crippen LogP contribution in [0.25, 0.3) is 0 Å². The van der Waals surface area contributed by atoms with Crippen LogP contribution in [0.2, 0.25) is 5.02 Å². The van der Waals surface area contributed by atoms with Gasteiger partial charge in [0, 0.05) is 12.1 Å². The molecular formula is C16H17ClFNO. The minimum atomic E-state index is -0.246. The Hall–Kier alpha value is -1.58. The first kappa shape index (κ1) is 14.8. The predicted octanol–water partition coefficient (Wildman–Crippen LogP) is 4.69. The van der Waals surface area contributed by atoms with Gasteiger partial charge in [0.25, 0.3) is 0 Å². The third kappa shape index (κ3) is 3.50. The summed E-state index contributed by atoms with van der Waals surface area (Å²) in [6.07, 6.45) is 0. The first-order valence-corrected chi connectivity index (χ1v) is 6.91. The Morgan fingerprint density at radius 1 is 1.25 bits per heavy atom. The molecule has 1 N–H and O–H groups in total. The minimum absolute atomic E-state index is 0.246. The molecule has 0 spiro atoms. The van der Waals surface area contributed by atoms with Gasteiger partial charge in [0.1, 0.15) is 17.3 Å². The van der Waals surface area contributed by atoms with Crippen molar-refractivity contribution in [2.45, 2.75) is 20.4 Å². The molecule has 20 heavy (non-hydrogen) atoms. The first-order chi connectivity index (χ1) is 9.61. The molecule has 0 aliphatic carbocycles. The Kier molecular flexibility index (Phi) is 4.99. The first-order valence-electron chi connectivity index (χ1n) is 6.54. The van der Waals surface area contributed by atoms with Gasteiger partial charge in [-0.1, -0.05) is 30.7 Å². The van der Waals surface area contributed by atoms with Gasteiger partial charge in [-0.2, -0.15) is 0 Å². The number of benzene rings is 2. The van der Waals surface area contributed by atoms with Gasteiger partial charge in [0.15, 0.2) is 0 Å². The maximum Gasteiger partial charge on any atom is 0.150 e. The lowest BCUT2D eigenvalue weighted by Gasteiger charge is -2.13. The highest BCUT2D eigenvalue weighted by Gasteiger charge is 2.10. The van der Waals surface area contributed by atoms with Crippen LogP contribution in [0.4, 0.5) is 4.39 Å². The van der Waals surface area contributed by atoms with Gasteiger partial charge in [-0.15, -0.1) is 0 Å². The summed E-state index contributed by atoms with van der Waals surface area (Å²) in [4.78, 5) is 0. The average Bonchev–Trinajstić information content (AvgIpc) is 2.43. The topological polar surface area (TPSA) is 21.3 Å². The van der Waals surface area contributed by atoms with E-state index in [1.807, 2.05) is 19.1 Å². The van der Waals surface area contributed by atoms with Crippen molar-refractivity contribution in [2.24, 2.45) is 0 Å². The molecule has 2 nitrogen and oxygen atoms in total. The summed E-state index contributed by atoms with van der Waals surface area (Å²) in [5, 5.41) is 3.78. The van der Waals surface area contributed by atoms with Crippen molar-refractivity contribution in [3.8, 4) is 11.5 Å². The molecule has 0 aliphatic rings. The number of ether oxygens (including phenoxy) is 1. The van der Waals surface area contributed by atoms with Gasteiger partial charge in [0.2, 0.25) is 0 Å². The lowest BCUT2D eigenvalue weighted by atomic mass is 10.2. The molecule has 0 atom stereocenters. The Morgan fingerprint density at radius 3 is 2.75 bits per heavy atom. The van der Waals surface area contributed by atoms with Crippen molar-refractivity contribution < 1.29 is 9.13 Å². The Morgan fingerprint density at radius 2 is 2.05 bits per heavy atom. The van der Waals surface area contributed by atoms with Crippen LogP contribution < -0.4 is 10.1 Å². The summed E-state index contributed by atoms with van der Waals surface area (Å²) in [6.45, 7) is 5.27. The fourth-order valence-electron chi connectivity index (χ4n) is 1.87. The summed E-state index contributed by atoms with van der Waals surface area (Å²) in [6, 6.07) is 10.3. The van der Waals surface area contributed by atoms with Gasteiger partial charge in [0.05, 0.1) is 5.02 Å². The maximum absolute atomic E-state index is 13.3. The monoisotopic (exact) mass is 293 g/mol. The summed E-state index contributed by atoms with van der Waals surface area (Å²) >= 11 is 6.20. The third-order valence-corrected chi connectivity index (χ3v) is 3.26. The molecule has 0 saturated carbocycles. The molecule has 0 amide bonds. The molecule has 106 valence electrons. The molecule has 0 fully saturated rings. The van der Waals surface area contributed by atoms with Crippen LogP contribution in [0.15, 0.2) is 36.4 Å². The van der Waals surface area contributed by atoms with Crippen LogP contribution in [0.3, 0.4) is 0 Å². The van der Waals surface area contributed by atoms with Crippen LogP contribution in [0.1, 0.15) is 18.1 Å². The third-order valence-electron chi connectivity index (χ3n) is 2.96. The van der Waals surface area contributed by atoms with Crippen LogP contribution in [0.5, 0.6) is 11.5 Å². The van der Waals surface area contributed by atoms with E-state index in [0.717, 1.165) is 12.1 Å². The second-order valence-corrected chi connectivity index (χ2v) is 4.93. The number of para-hydroxylation sites is 1. The van der Waals surface area contributed by atoms with Crippen molar-refractivity contribution in [1.82, 2.24) is 5.32 Å². The fraction of sp³-hybridized carbons (Fsp3) is 0.250. The van der Waals surface area contributed by atoms with E-state index in [-0.39, 0.29) is 5.82 Å². The van der Waals surface area contributed by atoms with Crippen LogP contribution >= 0.6 is 11.6 Å². The van der Waals surface area contributed by atoms with Gasteiger partial charge in [-0.25, -0.2) is 4.39 Å². The summed E-state index contributed by atoms with van der Waals surface area (Å²) in [7, 11) is 0. The van der Waals surface area contributed by atoms with E-state index in [0.29, 0.717) is 28.6 Å². The number of hydrogen-bond acceptors (Lipinski definition) is 2. The molecular weight excluding hydrogens is 277 g/mol. The molecule has 2 aromatic carbocycles. The highest BCUT2D eigenvalue weighted by molar-refractivity contribution is 6.32. The number of halogens is 2. The minimum Gasteiger partial charge on any atom is -0.455 e. The Balaban J connectivity index is 2.29. The van der Waals surface area contributed by atoms with Crippen LogP contribution in [-0.2, 0) is 6.54 Å². The Bertz CT molecular complexity index is 601. The largest absolute Gasteiger partial charge is 0.455 e. The zero-order valence-electron chi connectivity index (χ0n) is 11.5. The average molecular weight is 294 g/mol. The molecule has 2 rings (SSSR count). The lowest BCUT2D eigenvalue weighted by Crippen LogP contribution is -2.12. The van der Waals surface area contributed by atoms with Gasteiger partial charge >= 0.3 is 0 Å². The quantitative estimate of drug-likeness (QED) is 0.863. The Labute approximate surface area is 123 Å². The van der Waals surface area contributed by atoms with E-state index >= 15 is 0 Å². The number of aryl methyl sites for hydroxylation is 1. The maximum atomic E-state index is 13.3. The second-order valence-electron chi connectivity index (χ2n) is 4.52. The van der Waals surface area contributed by atoms with Crippen LogP contribution in [-0.4, -0.2) is 6.54 Å². The molecule has 2 aromatic rings. The van der Waals surface area contributed by atoms with E-state index in [1.165, 1.54) is 6.07 Å². The van der Waals surface area contributed by atoms with Gasteiger partial charge in [-0.05, 0) is 43.3 Å². The number of hydrogen-bond donors (Lipinski definition) is 1. The molecule has 0 aliphatic heterocycles. The van der Waals surface area contributed by atoms with Gasteiger partial charge in [-0.3, -0.25) is 0 Å². The van der Waals surface area contributed by atoms with Gasteiger partial charge < -0.3 is 10.1 Å².